The molecule has 3 rings (SSSR count). The van der Waals surface area contributed by atoms with Gasteiger partial charge in [-0.3, -0.25) is 19.6 Å². The number of carbonyl (C=O) groups is 1. The number of amides is 1. The Morgan fingerprint density at radius 3 is 2.85 bits per heavy atom. The van der Waals surface area contributed by atoms with Gasteiger partial charge in [0.1, 0.15) is 0 Å². The molecule has 0 unspecified atom stereocenters. The fourth-order valence-electron chi connectivity index (χ4n) is 2.57. The van der Waals surface area contributed by atoms with Crippen molar-refractivity contribution in [2.45, 2.75) is 26.9 Å². The Balaban J connectivity index is 2.06. The molecule has 0 aliphatic carbocycles. The lowest BCUT2D eigenvalue weighted by molar-refractivity contribution is -0.384. The summed E-state index contributed by atoms with van der Waals surface area (Å²) in [6, 6.07) is 6.23. The number of carbonyl (C=O) groups excluding carboxylic acids is 1. The third-order valence-corrected chi connectivity index (χ3v) is 4.96. The number of nitrogens with zero attached hydrogens (tertiary/aromatic N) is 5. The van der Waals surface area contributed by atoms with Crippen molar-refractivity contribution in [3.05, 3.63) is 51.1 Å². The molecule has 0 aliphatic rings. The van der Waals surface area contributed by atoms with Crippen molar-refractivity contribution >= 4 is 33.1 Å². The molecule has 0 bridgehead atoms. The van der Waals surface area contributed by atoms with Crippen LogP contribution in [0.2, 0.25) is 0 Å². The Labute approximate surface area is 158 Å². The molecular formula is C17H19N5O4S. The summed E-state index contributed by atoms with van der Waals surface area (Å²) < 4.78 is 9.59. The highest BCUT2D eigenvalue weighted by Gasteiger charge is 2.14. The molecule has 9 nitrogen and oxygen atoms in total. The molecular weight excluding hydrogens is 370 g/mol. The maximum atomic E-state index is 12.5. The lowest BCUT2D eigenvalue weighted by Crippen LogP contribution is -2.20. The van der Waals surface area contributed by atoms with Gasteiger partial charge in [0.15, 0.2) is 10.5 Å². The first-order valence-corrected chi connectivity index (χ1v) is 9.33. The van der Waals surface area contributed by atoms with Gasteiger partial charge in [-0.2, -0.15) is 10.1 Å². The second-order valence-electron chi connectivity index (χ2n) is 5.62. The van der Waals surface area contributed by atoms with Crippen LogP contribution in [0.25, 0.3) is 10.2 Å². The minimum absolute atomic E-state index is 0.000253. The number of hydrogen-bond acceptors (Lipinski definition) is 6. The molecule has 0 aliphatic heterocycles. The van der Waals surface area contributed by atoms with E-state index in [1.807, 2.05) is 18.4 Å². The Bertz CT molecular complexity index is 1050. The summed E-state index contributed by atoms with van der Waals surface area (Å²) in [5.41, 5.74) is 1.04. The molecule has 3 aromatic rings. The van der Waals surface area contributed by atoms with Crippen molar-refractivity contribution in [3.8, 4) is 0 Å². The topological polar surface area (TPSA) is 105 Å². The maximum Gasteiger partial charge on any atom is 0.300 e. The minimum atomic E-state index is -0.451. The number of nitro benzene ring substituents is 1. The number of thiazole rings is 1. The highest BCUT2D eigenvalue weighted by atomic mass is 32.1. The van der Waals surface area contributed by atoms with Crippen LogP contribution < -0.4 is 4.80 Å². The predicted octanol–water partition coefficient (Wildman–Crippen LogP) is 2.61. The van der Waals surface area contributed by atoms with Crippen LogP contribution in [0.15, 0.2) is 35.5 Å². The predicted molar refractivity (Wildman–Crippen MR) is 101 cm³/mol. The number of ether oxygens (including phenoxy) is 1. The SMILES string of the molecule is CCOCCn1c(=NC(=O)c2ccn(CC)n2)sc2cc([N+](=O)[O-])ccc21. The molecule has 0 N–H and O–H groups in total. The number of rotatable bonds is 7. The van der Waals surface area contributed by atoms with E-state index in [1.54, 1.807) is 23.0 Å². The van der Waals surface area contributed by atoms with Crippen LogP contribution in [0.4, 0.5) is 5.69 Å². The zero-order valence-corrected chi connectivity index (χ0v) is 15.8. The van der Waals surface area contributed by atoms with Crippen molar-refractivity contribution in [1.29, 1.82) is 0 Å². The van der Waals surface area contributed by atoms with E-state index in [9.17, 15) is 14.9 Å². The summed E-state index contributed by atoms with van der Waals surface area (Å²) >= 11 is 1.23. The standard InChI is InChI=1S/C17H19N5O4S/c1-3-20-8-7-13(19-20)16(23)18-17-21(9-10-26-4-2)14-6-5-12(22(24)25)11-15(14)27-17/h5-8,11H,3-4,9-10H2,1-2H3. The largest absolute Gasteiger partial charge is 0.380 e. The monoisotopic (exact) mass is 389 g/mol. The Hall–Kier alpha value is -2.85. The molecule has 27 heavy (non-hydrogen) atoms. The molecule has 1 aromatic carbocycles. The van der Waals surface area contributed by atoms with Gasteiger partial charge in [-0.25, -0.2) is 0 Å². The Morgan fingerprint density at radius 2 is 2.19 bits per heavy atom. The average Bonchev–Trinajstić information content (AvgIpc) is 3.26. The second-order valence-corrected chi connectivity index (χ2v) is 6.63. The van der Waals surface area contributed by atoms with Gasteiger partial charge in [0.25, 0.3) is 11.6 Å². The van der Waals surface area contributed by atoms with Gasteiger partial charge < -0.3 is 9.30 Å². The molecule has 0 radical (unpaired) electrons. The summed E-state index contributed by atoms with van der Waals surface area (Å²) in [5, 5.41) is 15.2. The number of hydrogen-bond donors (Lipinski definition) is 0. The fraction of sp³-hybridized carbons (Fsp3) is 0.353. The normalized spacial score (nSPS) is 12.0. The van der Waals surface area contributed by atoms with Crippen molar-refractivity contribution < 1.29 is 14.5 Å². The smallest absolute Gasteiger partial charge is 0.300 e. The molecule has 0 spiro atoms. The van der Waals surface area contributed by atoms with Crippen LogP contribution >= 0.6 is 11.3 Å². The van der Waals surface area contributed by atoms with Gasteiger partial charge in [-0.15, -0.1) is 0 Å². The number of non-ortho nitro benzene ring substituents is 1. The second kappa shape index (κ2) is 8.23. The minimum Gasteiger partial charge on any atom is -0.380 e. The molecule has 0 saturated heterocycles. The fourth-order valence-corrected chi connectivity index (χ4v) is 3.66. The van der Waals surface area contributed by atoms with E-state index in [0.717, 1.165) is 5.52 Å². The third-order valence-electron chi connectivity index (χ3n) is 3.92. The van der Waals surface area contributed by atoms with Crippen molar-refractivity contribution in [3.63, 3.8) is 0 Å². The van der Waals surface area contributed by atoms with Gasteiger partial charge >= 0.3 is 0 Å². The van der Waals surface area contributed by atoms with Crippen LogP contribution in [0.5, 0.6) is 0 Å². The van der Waals surface area contributed by atoms with Gasteiger partial charge in [0.2, 0.25) is 0 Å². The number of benzene rings is 1. The molecule has 2 aromatic heterocycles. The molecule has 10 heteroatoms. The first kappa shape index (κ1) is 18.9. The highest BCUT2D eigenvalue weighted by molar-refractivity contribution is 7.16. The van der Waals surface area contributed by atoms with Crippen LogP contribution in [0.1, 0.15) is 24.3 Å². The van der Waals surface area contributed by atoms with Crippen LogP contribution in [0, 0.1) is 10.1 Å². The summed E-state index contributed by atoms with van der Waals surface area (Å²) in [5.74, 6) is -0.451. The molecule has 142 valence electrons. The van der Waals surface area contributed by atoms with E-state index in [4.69, 9.17) is 4.74 Å². The molecule has 0 atom stereocenters. The average molecular weight is 389 g/mol. The van der Waals surface area contributed by atoms with E-state index in [1.165, 1.54) is 23.5 Å². The Kier molecular flexibility index (Phi) is 5.77. The number of nitro groups is 1. The maximum absolute atomic E-state index is 12.5. The Morgan fingerprint density at radius 1 is 1.37 bits per heavy atom. The first-order valence-electron chi connectivity index (χ1n) is 8.51. The lowest BCUT2D eigenvalue weighted by atomic mass is 10.3. The van der Waals surface area contributed by atoms with E-state index in [-0.39, 0.29) is 11.4 Å². The molecule has 0 saturated carbocycles. The van der Waals surface area contributed by atoms with Crippen molar-refractivity contribution in [1.82, 2.24) is 14.3 Å². The van der Waals surface area contributed by atoms with Gasteiger partial charge in [0, 0.05) is 38.0 Å². The van der Waals surface area contributed by atoms with Crippen LogP contribution in [-0.4, -0.2) is 38.4 Å². The zero-order valence-electron chi connectivity index (χ0n) is 15.0. The number of aryl methyl sites for hydroxylation is 1. The van der Waals surface area contributed by atoms with Crippen molar-refractivity contribution in [2.75, 3.05) is 13.2 Å². The summed E-state index contributed by atoms with van der Waals surface area (Å²) in [6.45, 7) is 6.01. The van der Waals surface area contributed by atoms with E-state index in [2.05, 4.69) is 10.1 Å². The van der Waals surface area contributed by atoms with E-state index in [0.29, 0.717) is 35.8 Å². The quantitative estimate of drug-likeness (QED) is 0.351. The van der Waals surface area contributed by atoms with E-state index < -0.39 is 10.8 Å². The van der Waals surface area contributed by atoms with Gasteiger partial charge in [-0.1, -0.05) is 11.3 Å². The summed E-state index contributed by atoms with van der Waals surface area (Å²) in [6.07, 6.45) is 1.72. The van der Waals surface area contributed by atoms with Gasteiger partial charge in [0.05, 0.1) is 21.7 Å². The highest BCUT2D eigenvalue weighted by Crippen LogP contribution is 2.23. The zero-order chi connectivity index (χ0) is 19.4. The summed E-state index contributed by atoms with van der Waals surface area (Å²) in [7, 11) is 0. The third kappa shape index (κ3) is 4.12. The number of fused-ring (bicyclic) bond motifs is 1. The van der Waals surface area contributed by atoms with Crippen molar-refractivity contribution in [2.24, 2.45) is 4.99 Å². The van der Waals surface area contributed by atoms with Crippen LogP contribution in [0.3, 0.4) is 0 Å². The van der Waals surface area contributed by atoms with Crippen LogP contribution in [-0.2, 0) is 17.8 Å². The van der Waals surface area contributed by atoms with Gasteiger partial charge in [-0.05, 0) is 26.0 Å². The first-order chi connectivity index (χ1) is 13.0. The molecule has 1 amide bonds. The summed E-state index contributed by atoms with van der Waals surface area (Å²) in [4.78, 5) is 27.8. The molecule has 0 fully saturated rings. The molecule has 2 heterocycles. The lowest BCUT2D eigenvalue weighted by Gasteiger charge is -2.05. The van der Waals surface area contributed by atoms with E-state index >= 15 is 0 Å². The number of aromatic nitrogens is 3.